The maximum Gasteiger partial charge on any atom is 0.255 e. The Labute approximate surface area is 184 Å². The summed E-state index contributed by atoms with van der Waals surface area (Å²) in [5.41, 5.74) is 2.57. The van der Waals surface area contributed by atoms with Crippen molar-refractivity contribution in [3.05, 3.63) is 58.6 Å². The van der Waals surface area contributed by atoms with Crippen molar-refractivity contribution in [2.24, 2.45) is 0 Å². The Balaban J connectivity index is 0.00000300. The first kappa shape index (κ1) is 23.3. The molecule has 1 aliphatic rings. The Morgan fingerprint density at radius 1 is 1.28 bits per heavy atom. The van der Waals surface area contributed by atoms with Gasteiger partial charge in [0.25, 0.3) is 5.91 Å². The van der Waals surface area contributed by atoms with E-state index in [9.17, 15) is 4.79 Å². The highest BCUT2D eigenvalue weighted by Gasteiger charge is 2.32. The fourth-order valence-corrected chi connectivity index (χ4v) is 4.05. The van der Waals surface area contributed by atoms with Crippen molar-refractivity contribution in [2.45, 2.75) is 32.0 Å². The zero-order valence-corrected chi connectivity index (χ0v) is 18.9. The number of nitrogens with zero attached hydrogens (tertiary/aromatic N) is 2. The minimum Gasteiger partial charge on any atom is -0.496 e. The van der Waals surface area contributed by atoms with E-state index in [2.05, 4.69) is 41.4 Å². The molecule has 1 saturated heterocycles. The second-order valence-corrected chi connectivity index (χ2v) is 7.87. The number of rotatable bonds is 6. The number of benzene rings is 2. The molecule has 0 saturated carbocycles. The van der Waals surface area contributed by atoms with Gasteiger partial charge in [-0.25, -0.2) is 0 Å². The number of carbonyl (C=O) groups is 1. The van der Waals surface area contributed by atoms with E-state index >= 15 is 0 Å². The van der Waals surface area contributed by atoms with Crippen LogP contribution in [0.3, 0.4) is 0 Å². The van der Waals surface area contributed by atoms with Crippen LogP contribution in [-0.2, 0) is 6.54 Å². The lowest BCUT2D eigenvalue weighted by Gasteiger charge is -2.25. The fraction of sp³-hybridized carbons (Fsp3) is 0.409. The van der Waals surface area contributed by atoms with Gasteiger partial charge in [0.2, 0.25) is 0 Å². The van der Waals surface area contributed by atoms with Crippen molar-refractivity contribution < 1.29 is 9.53 Å². The summed E-state index contributed by atoms with van der Waals surface area (Å²) in [6.45, 7) is 4.01. The normalized spacial score (nSPS) is 18.8. The highest BCUT2D eigenvalue weighted by atomic mass is 35.5. The van der Waals surface area contributed by atoms with Crippen LogP contribution in [-0.4, -0.2) is 50.6 Å². The van der Waals surface area contributed by atoms with Crippen LogP contribution in [0.4, 0.5) is 5.69 Å². The van der Waals surface area contributed by atoms with Crippen molar-refractivity contribution in [2.75, 3.05) is 32.6 Å². The van der Waals surface area contributed by atoms with Gasteiger partial charge in [-0.3, -0.25) is 9.69 Å². The van der Waals surface area contributed by atoms with Crippen LogP contribution in [0.25, 0.3) is 0 Å². The van der Waals surface area contributed by atoms with E-state index in [4.69, 9.17) is 16.3 Å². The predicted octanol–water partition coefficient (Wildman–Crippen LogP) is 4.23. The topological polar surface area (TPSA) is 44.8 Å². The number of methoxy groups -OCH3 is 1. The molecule has 7 heteroatoms. The number of ether oxygens (including phenoxy) is 1. The van der Waals surface area contributed by atoms with Gasteiger partial charge in [0.05, 0.1) is 23.4 Å². The third-order valence-corrected chi connectivity index (χ3v) is 5.73. The molecule has 0 bridgehead atoms. The lowest BCUT2D eigenvalue weighted by atomic mass is 10.1. The third kappa shape index (κ3) is 5.35. The average Bonchev–Trinajstić information content (AvgIpc) is 3.01. The van der Waals surface area contributed by atoms with Gasteiger partial charge in [-0.15, -0.1) is 12.4 Å². The Morgan fingerprint density at radius 2 is 1.97 bits per heavy atom. The first-order valence-electron chi connectivity index (χ1n) is 9.54. The van der Waals surface area contributed by atoms with E-state index in [1.807, 2.05) is 25.1 Å². The number of nitrogens with one attached hydrogen (secondary N) is 1. The molecule has 2 unspecified atom stereocenters. The highest BCUT2D eigenvalue weighted by Crippen LogP contribution is 2.33. The molecule has 5 nitrogen and oxygen atoms in total. The molecule has 2 aromatic carbocycles. The van der Waals surface area contributed by atoms with Gasteiger partial charge in [-0.05, 0) is 25.0 Å². The van der Waals surface area contributed by atoms with Crippen LogP contribution in [0.5, 0.6) is 5.75 Å². The molecule has 3 rings (SSSR count). The average molecular weight is 438 g/mol. The van der Waals surface area contributed by atoms with Crippen molar-refractivity contribution in [1.82, 2.24) is 10.2 Å². The Kier molecular flexibility index (Phi) is 8.20. The van der Waals surface area contributed by atoms with Crippen molar-refractivity contribution >= 4 is 35.6 Å². The van der Waals surface area contributed by atoms with Gasteiger partial charge in [0, 0.05) is 45.3 Å². The van der Waals surface area contributed by atoms with Gasteiger partial charge in [-0.2, -0.15) is 0 Å². The number of amides is 1. The van der Waals surface area contributed by atoms with Crippen LogP contribution in [0.1, 0.15) is 29.3 Å². The third-order valence-electron chi connectivity index (χ3n) is 5.43. The summed E-state index contributed by atoms with van der Waals surface area (Å²) in [7, 11) is 5.38. The standard InChI is InChI=1S/C22H28ClN3O2.ClH/c1-15-19(10-11-26(15)14-16-8-6-5-7-9-16)24-22(27)17-12-18(23)20(25(2)3)13-21(17)28-4;/h5-9,12-13,15,19H,10-11,14H2,1-4H3,(H,24,27);1H. The quantitative estimate of drug-likeness (QED) is 0.734. The zero-order chi connectivity index (χ0) is 20.3. The van der Waals surface area contributed by atoms with Gasteiger partial charge >= 0.3 is 0 Å². The molecule has 0 aromatic heterocycles. The number of hydrogen-bond acceptors (Lipinski definition) is 4. The first-order valence-corrected chi connectivity index (χ1v) is 9.92. The van der Waals surface area contributed by atoms with Crippen molar-refractivity contribution in [1.29, 1.82) is 0 Å². The van der Waals surface area contributed by atoms with Crippen LogP contribution in [0.2, 0.25) is 5.02 Å². The van der Waals surface area contributed by atoms with Crippen LogP contribution in [0.15, 0.2) is 42.5 Å². The van der Waals surface area contributed by atoms with Crippen molar-refractivity contribution in [3.8, 4) is 5.75 Å². The van der Waals surface area contributed by atoms with E-state index in [0.717, 1.165) is 25.2 Å². The van der Waals surface area contributed by atoms with E-state index in [1.54, 1.807) is 19.2 Å². The smallest absolute Gasteiger partial charge is 0.255 e. The highest BCUT2D eigenvalue weighted by molar-refractivity contribution is 6.33. The molecular formula is C22H29Cl2N3O2. The minimum atomic E-state index is -0.150. The molecule has 158 valence electrons. The Morgan fingerprint density at radius 3 is 2.59 bits per heavy atom. The van der Waals surface area contributed by atoms with E-state index in [0.29, 0.717) is 16.3 Å². The van der Waals surface area contributed by atoms with Gasteiger partial charge in [0.15, 0.2) is 0 Å². The summed E-state index contributed by atoms with van der Waals surface area (Å²) >= 11 is 6.37. The number of hydrogen-bond donors (Lipinski definition) is 1. The summed E-state index contributed by atoms with van der Waals surface area (Å²) < 4.78 is 5.45. The summed E-state index contributed by atoms with van der Waals surface area (Å²) in [4.78, 5) is 17.2. The molecule has 2 atom stereocenters. The number of likely N-dealkylation sites (tertiary alicyclic amines) is 1. The molecule has 1 N–H and O–H groups in total. The second kappa shape index (κ2) is 10.2. The van der Waals surface area contributed by atoms with Gasteiger partial charge in [0.1, 0.15) is 5.75 Å². The lowest BCUT2D eigenvalue weighted by molar-refractivity contribution is 0.0924. The molecule has 2 aromatic rings. The second-order valence-electron chi connectivity index (χ2n) is 7.46. The molecule has 1 heterocycles. The number of anilines is 1. The SMILES string of the molecule is COc1cc(N(C)C)c(Cl)cc1C(=O)NC1CCN(Cc2ccccc2)C1C.Cl. The molecule has 1 aliphatic heterocycles. The fourth-order valence-electron chi connectivity index (χ4n) is 3.72. The minimum absolute atomic E-state index is 0. The van der Waals surface area contributed by atoms with E-state index in [-0.39, 0.29) is 30.4 Å². The van der Waals surface area contributed by atoms with Gasteiger partial charge < -0.3 is 15.0 Å². The number of halogens is 2. The molecule has 0 aliphatic carbocycles. The molecule has 0 radical (unpaired) electrons. The van der Waals surface area contributed by atoms with Crippen LogP contribution >= 0.6 is 24.0 Å². The number of carbonyl (C=O) groups excluding carboxylic acids is 1. The molecule has 1 fully saturated rings. The van der Waals surface area contributed by atoms with E-state index in [1.165, 1.54) is 5.56 Å². The largest absolute Gasteiger partial charge is 0.496 e. The van der Waals surface area contributed by atoms with E-state index < -0.39 is 0 Å². The molecule has 1 amide bonds. The zero-order valence-electron chi connectivity index (χ0n) is 17.3. The maximum absolute atomic E-state index is 12.9. The Hall–Kier alpha value is -1.95. The van der Waals surface area contributed by atoms with Crippen LogP contribution in [0, 0.1) is 0 Å². The first-order chi connectivity index (χ1) is 13.4. The van der Waals surface area contributed by atoms with Crippen LogP contribution < -0.4 is 15.0 Å². The Bertz CT molecular complexity index is 830. The summed E-state index contributed by atoms with van der Waals surface area (Å²) in [5.74, 6) is 0.375. The maximum atomic E-state index is 12.9. The predicted molar refractivity (Wildman–Crippen MR) is 122 cm³/mol. The summed E-state index contributed by atoms with van der Waals surface area (Å²) in [6, 6.07) is 14.3. The summed E-state index contributed by atoms with van der Waals surface area (Å²) in [5, 5.41) is 3.71. The van der Waals surface area contributed by atoms with Gasteiger partial charge in [-0.1, -0.05) is 41.9 Å². The molecule has 0 spiro atoms. The monoisotopic (exact) mass is 437 g/mol. The van der Waals surface area contributed by atoms with Crippen molar-refractivity contribution in [3.63, 3.8) is 0 Å². The molecular weight excluding hydrogens is 409 g/mol. The molecule has 29 heavy (non-hydrogen) atoms. The lowest BCUT2D eigenvalue weighted by Crippen LogP contribution is -2.43. The summed E-state index contributed by atoms with van der Waals surface area (Å²) in [6.07, 6.45) is 0.922.